The molecule has 2 N–H and O–H groups in total. The lowest BCUT2D eigenvalue weighted by Crippen LogP contribution is -2.18. The summed E-state index contributed by atoms with van der Waals surface area (Å²) in [6.45, 7) is 4.17. The maximum Gasteiger partial charge on any atom is 0.269 e. The van der Waals surface area contributed by atoms with Gasteiger partial charge in [0.25, 0.3) is 5.91 Å². The first-order valence-electron chi connectivity index (χ1n) is 10.4. The van der Waals surface area contributed by atoms with Crippen molar-refractivity contribution in [2.24, 2.45) is 5.73 Å². The van der Waals surface area contributed by atoms with Gasteiger partial charge in [0.15, 0.2) is 5.69 Å². The second kappa shape index (κ2) is 8.67. The molecule has 5 heteroatoms. The molecule has 1 aliphatic rings. The maximum atomic E-state index is 11.4. The van der Waals surface area contributed by atoms with E-state index in [1.807, 2.05) is 19.1 Å². The van der Waals surface area contributed by atoms with E-state index in [2.05, 4.69) is 59.5 Å². The highest BCUT2D eigenvalue weighted by molar-refractivity contribution is 5.90. The van der Waals surface area contributed by atoms with E-state index in [0.29, 0.717) is 0 Å². The smallest absolute Gasteiger partial charge is 0.269 e. The molecule has 0 atom stereocenters. The summed E-state index contributed by atoms with van der Waals surface area (Å²) in [6.07, 6.45) is 5.50. The summed E-state index contributed by atoms with van der Waals surface area (Å²) in [4.78, 5) is 13.7. The molecule has 2 heterocycles. The first-order chi connectivity index (χ1) is 14.5. The van der Waals surface area contributed by atoms with Crippen molar-refractivity contribution in [3.8, 4) is 5.69 Å². The van der Waals surface area contributed by atoms with Crippen molar-refractivity contribution in [1.29, 1.82) is 0 Å². The number of primary amides is 1. The minimum absolute atomic E-state index is 0.284. The van der Waals surface area contributed by atoms with Gasteiger partial charge in [-0.3, -0.25) is 4.79 Å². The Balaban J connectivity index is 1.45. The van der Waals surface area contributed by atoms with E-state index >= 15 is 0 Å². The standard InChI is InChI=1S/C25H28N4O/c1-18-16-24(25(26)30)27-29(18)23-11-7-20(8-12-23)17-19-5-9-22(10-6-19)21-4-3-14-28(2)15-13-21/h4-12,16H,3,13-15,17H2,1-2H3,(H2,26,30). The number of carbonyl (C=O) groups is 1. The lowest BCUT2D eigenvalue weighted by molar-refractivity contribution is 0.0995. The zero-order valence-electron chi connectivity index (χ0n) is 17.6. The van der Waals surface area contributed by atoms with Crippen molar-refractivity contribution in [1.82, 2.24) is 14.7 Å². The van der Waals surface area contributed by atoms with Gasteiger partial charge in [0, 0.05) is 18.8 Å². The van der Waals surface area contributed by atoms with Crippen LogP contribution in [0.5, 0.6) is 0 Å². The van der Waals surface area contributed by atoms with E-state index in [-0.39, 0.29) is 5.69 Å². The van der Waals surface area contributed by atoms with Gasteiger partial charge < -0.3 is 10.6 Å². The number of hydrogen-bond donors (Lipinski definition) is 1. The summed E-state index contributed by atoms with van der Waals surface area (Å²) in [5, 5.41) is 4.29. The first-order valence-corrected chi connectivity index (χ1v) is 10.4. The van der Waals surface area contributed by atoms with E-state index in [4.69, 9.17) is 5.73 Å². The van der Waals surface area contributed by atoms with Gasteiger partial charge in [-0.15, -0.1) is 0 Å². The highest BCUT2D eigenvalue weighted by Gasteiger charge is 2.11. The van der Waals surface area contributed by atoms with Crippen molar-refractivity contribution in [3.05, 3.63) is 88.8 Å². The van der Waals surface area contributed by atoms with Crippen LogP contribution in [0.1, 0.15) is 45.7 Å². The Hall–Kier alpha value is -3.18. The van der Waals surface area contributed by atoms with Crippen LogP contribution in [0.15, 0.2) is 60.7 Å². The lowest BCUT2D eigenvalue weighted by Gasteiger charge is -2.12. The van der Waals surface area contributed by atoms with Crippen LogP contribution < -0.4 is 5.73 Å². The molecule has 1 aromatic heterocycles. The number of rotatable bonds is 5. The molecule has 0 saturated heterocycles. The van der Waals surface area contributed by atoms with E-state index < -0.39 is 5.91 Å². The van der Waals surface area contributed by atoms with Crippen molar-refractivity contribution in [2.45, 2.75) is 26.2 Å². The molecule has 30 heavy (non-hydrogen) atoms. The Kier molecular flexibility index (Phi) is 5.81. The Morgan fingerprint density at radius 3 is 2.33 bits per heavy atom. The Labute approximate surface area is 177 Å². The van der Waals surface area contributed by atoms with Gasteiger partial charge in [-0.05, 0) is 73.7 Å². The molecule has 2 aromatic carbocycles. The van der Waals surface area contributed by atoms with Crippen molar-refractivity contribution < 1.29 is 4.79 Å². The number of nitrogens with zero attached hydrogens (tertiary/aromatic N) is 3. The minimum atomic E-state index is -0.511. The van der Waals surface area contributed by atoms with Crippen molar-refractivity contribution in [3.63, 3.8) is 0 Å². The van der Waals surface area contributed by atoms with E-state index in [1.165, 1.54) is 22.3 Å². The lowest BCUT2D eigenvalue weighted by atomic mass is 9.98. The van der Waals surface area contributed by atoms with Crippen LogP contribution in [0.25, 0.3) is 11.3 Å². The molecule has 0 unspecified atom stereocenters. The molecule has 0 saturated carbocycles. The monoisotopic (exact) mass is 400 g/mol. The molecule has 5 nitrogen and oxygen atoms in total. The summed E-state index contributed by atoms with van der Waals surface area (Å²) < 4.78 is 1.75. The maximum absolute atomic E-state index is 11.4. The van der Waals surface area contributed by atoms with E-state index in [9.17, 15) is 4.79 Å². The van der Waals surface area contributed by atoms with Gasteiger partial charge >= 0.3 is 0 Å². The van der Waals surface area contributed by atoms with Gasteiger partial charge in [-0.25, -0.2) is 4.68 Å². The fourth-order valence-corrected chi connectivity index (χ4v) is 3.93. The molecule has 0 radical (unpaired) electrons. The highest BCUT2D eigenvalue weighted by atomic mass is 16.1. The molecular formula is C25H28N4O. The van der Waals surface area contributed by atoms with Gasteiger partial charge in [0.1, 0.15) is 0 Å². The predicted molar refractivity (Wildman–Crippen MR) is 121 cm³/mol. The molecule has 1 aliphatic heterocycles. The van der Waals surface area contributed by atoms with Crippen LogP contribution in [0, 0.1) is 6.92 Å². The zero-order chi connectivity index (χ0) is 21.1. The van der Waals surface area contributed by atoms with Crippen molar-refractivity contribution >= 4 is 11.5 Å². The average Bonchev–Trinajstić information content (AvgIpc) is 3.00. The number of amides is 1. The second-order valence-corrected chi connectivity index (χ2v) is 8.06. The minimum Gasteiger partial charge on any atom is -0.364 e. The molecular weight excluding hydrogens is 372 g/mol. The number of benzene rings is 2. The fraction of sp³-hybridized carbons (Fsp3) is 0.280. The van der Waals surface area contributed by atoms with Gasteiger partial charge in [0.05, 0.1) is 5.69 Å². The molecule has 154 valence electrons. The molecule has 4 rings (SSSR count). The number of nitrogens with two attached hydrogens (primary N) is 1. The molecule has 3 aromatic rings. The quantitative estimate of drug-likeness (QED) is 0.705. The third kappa shape index (κ3) is 4.52. The average molecular weight is 401 g/mol. The Morgan fingerprint density at radius 2 is 1.70 bits per heavy atom. The number of hydrogen-bond acceptors (Lipinski definition) is 3. The Morgan fingerprint density at radius 1 is 1.03 bits per heavy atom. The molecule has 0 aliphatic carbocycles. The number of aromatic nitrogens is 2. The Bertz CT molecular complexity index is 1060. The van der Waals surface area contributed by atoms with Gasteiger partial charge in [-0.1, -0.05) is 42.5 Å². The SMILES string of the molecule is Cc1cc(C(N)=O)nn1-c1ccc(Cc2ccc(C3=CCCN(C)CC3)cc2)cc1. The first kappa shape index (κ1) is 20.1. The van der Waals surface area contributed by atoms with Crippen LogP contribution in [0.3, 0.4) is 0 Å². The van der Waals surface area contributed by atoms with Crippen LogP contribution in [0.4, 0.5) is 0 Å². The molecule has 0 spiro atoms. The zero-order valence-corrected chi connectivity index (χ0v) is 17.6. The van der Waals surface area contributed by atoms with Crippen LogP contribution in [-0.4, -0.2) is 40.7 Å². The van der Waals surface area contributed by atoms with Gasteiger partial charge in [0.2, 0.25) is 0 Å². The van der Waals surface area contributed by atoms with Gasteiger partial charge in [-0.2, -0.15) is 5.10 Å². The second-order valence-electron chi connectivity index (χ2n) is 8.06. The van der Waals surface area contributed by atoms with Crippen LogP contribution >= 0.6 is 0 Å². The third-order valence-corrected chi connectivity index (χ3v) is 5.72. The summed E-state index contributed by atoms with van der Waals surface area (Å²) in [7, 11) is 2.19. The molecule has 0 bridgehead atoms. The highest BCUT2D eigenvalue weighted by Crippen LogP contribution is 2.23. The van der Waals surface area contributed by atoms with Crippen molar-refractivity contribution in [2.75, 3.05) is 20.1 Å². The van der Waals surface area contributed by atoms with E-state index in [0.717, 1.165) is 43.7 Å². The van der Waals surface area contributed by atoms with E-state index in [1.54, 1.807) is 10.7 Å². The fourth-order valence-electron chi connectivity index (χ4n) is 3.93. The molecule has 1 amide bonds. The third-order valence-electron chi connectivity index (χ3n) is 5.72. The van der Waals surface area contributed by atoms with Crippen LogP contribution in [-0.2, 0) is 6.42 Å². The normalized spacial score (nSPS) is 14.9. The summed E-state index contributed by atoms with van der Waals surface area (Å²) in [5.41, 5.74) is 12.8. The summed E-state index contributed by atoms with van der Waals surface area (Å²) >= 11 is 0. The predicted octanol–water partition coefficient (Wildman–Crippen LogP) is 3.98. The largest absolute Gasteiger partial charge is 0.364 e. The number of carbonyl (C=O) groups excluding carboxylic acids is 1. The topological polar surface area (TPSA) is 64.2 Å². The molecule has 0 fully saturated rings. The van der Waals surface area contributed by atoms with Crippen LogP contribution in [0.2, 0.25) is 0 Å². The summed E-state index contributed by atoms with van der Waals surface area (Å²) in [6, 6.07) is 18.9. The summed E-state index contributed by atoms with van der Waals surface area (Å²) in [5.74, 6) is -0.511. The number of aryl methyl sites for hydroxylation is 1.